The maximum Gasteiger partial charge on any atom is 0.222 e. The summed E-state index contributed by atoms with van der Waals surface area (Å²) in [5.41, 5.74) is 2.14. The highest BCUT2D eigenvalue weighted by Gasteiger charge is 2.21. The predicted octanol–water partition coefficient (Wildman–Crippen LogP) is 3.21. The van der Waals surface area contributed by atoms with Crippen molar-refractivity contribution in [2.45, 2.75) is 19.4 Å². The molecule has 4 rings (SSSR count). The lowest BCUT2D eigenvalue weighted by Crippen LogP contribution is -2.48. The summed E-state index contributed by atoms with van der Waals surface area (Å²) < 4.78 is 1.86. The van der Waals surface area contributed by atoms with Gasteiger partial charge in [0.2, 0.25) is 5.91 Å². The fourth-order valence-electron chi connectivity index (χ4n) is 3.40. The van der Waals surface area contributed by atoms with Gasteiger partial charge in [-0.2, -0.15) is 5.10 Å². The molecule has 1 aromatic carbocycles. The number of hydrogen-bond acceptors (Lipinski definition) is 4. The van der Waals surface area contributed by atoms with Crippen LogP contribution in [0.25, 0.3) is 5.69 Å². The lowest BCUT2D eigenvalue weighted by atomic mass is 10.1. The van der Waals surface area contributed by atoms with E-state index in [2.05, 4.69) is 27.5 Å². The lowest BCUT2D eigenvalue weighted by molar-refractivity contribution is -0.132. The van der Waals surface area contributed by atoms with Gasteiger partial charge < -0.3 is 4.90 Å². The van der Waals surface area contributed by atoms with E-state index < -0.39 is 0 Å². The molecule has 0 aliphatic carbocycles. The summed E-state index contributed by atoms with van der Waals surface area (Å²) in [7, 11) is 0. The highest BCUT2D eigenvalue weighted by atomic mass is 32.1. The molecule has 1 saturated heterocycles. The Bertz CT molecular complexity index is 851. The number of para-hydroxylation sites is 1. The Balaban J connectivity index is 1.24. The van der Waals surface area contributed by atoms with Crippen molar-refractivity contribution in [3.63, 3.8) is 0 Å². The van der Waals surface area contributed by atoms with Crippen LogP contribution in [-0.4, -0.2) is 51.7 Å². The smallest absolute Gasteiger partial charge is 0.222 e. The van der Waals surface area contributed by atoms with Crippen molar-refractivity contribution in [3.8, 4) is 5.69 Å². The molecule has 1 aliphatic rings. The first-order chi connectivity index (χ1) is 13.3. The van der Waals surface area contributed by atoms with Crippen LogP contribution < -0.4 is 0 Å². The van der Waals surface area contributed by atoms with Gasteiger partial charge in [0.1, 0.15) is 0 Å². The normalized spacial score (nSPS) is 15.2. The summed E-state index contributed by atoms with van der Waals surface area (Å²) in [4.78, 5) is 18.4. The maximum atomic E-state index is 12.6. The summed E-state index contributed by atoms with van der Waals surface area (Å²) >= 11 is 1.80. The minimum absolute atomic E-state index is 0.248. The molecule has 2 aromatic heterocycles. The molecule has 0 atom stereocenters. The second kappa shape index (κ2) is 8.50. The SMILES string of the molecule is O=C(CCc1cnn(-c2ccccc2)c1)N1CCN(Cc2cccs2)CC1. The van der Waals surface area contributed by atoms with Crippen LogP contribution in [0.4, 0.5) is 0 Å². The van der Waals surface area contributed by atoms with Gasteiger partial charge in [-0.05, 0) is 35.6 Å². The van der Waals surface area contributed by atoms with Crippen LogP contribution in [0.2, 0.25) is 0 Å². The van der Waals surface area contributed by atoms with Crippen LogP contribution in [0.1, 0.15) is 16.9 Å². The zero-order valence-electron chi connectivity index (χ0n) is 15.3. The van der Waals surface area contributed by atoms with Gasteiger partial charge in [0.25, 0.3) is 0 Å². The minimum Gasteiger partial charge on any atom is -0.340 e. The Morgan fingerprint density at radius 2 is 1.85 bits per heavy atom. The molecule has 140 valence electrons. The lowest BCUT2D eigenvalue weighted by Gasteiger charge is -2.34. The first-order valence-corrected chi connectivity index (χ1v) is 10.3. The van der Waals surface area contributed by atoms with Crippen molar-refractivity contribution in [2.75, 3.05) is 26.2 Å². The number of thiophene rings is 1. The average molecular weight is 381 g/mol. The number of aromatic nitrogens is 2. The third-order valence-corrected chi connectivity index (χ3v) is 5.83. The van der Waals surface area contributed by atoms with Crippen LogP contribution in [0, 0.1) is 0 Å². The number of nitrogens with zero attached hydrogens (tertiary/aromatic N) is 4. The Hall–Kier alpha value is -2.44. The third kappa shape index (κ3) is 4.64. The highest BCUT2D eigenvalue weighted by molar-refractivity contribution is 7.09. The monoisotopic (exact) mass is 380 g/mol. The predicted molar refractivity (Wildman–Crippen MR) is 108 cm³/mol. The zero-order valence-corrected chi connectivity index (χ0v) is 16.1. The number of aryl methyl sites for hydroxylation is 1. The van der Waals surface area contributed by atoms with Gasteiger partial charge in [-0.3, -0.25) is 9.69 Å². The molecular weight excluding hydrogens is 356 g/mol. The van der Waals surface area contributed by atoms with Crippen molar-refractivity contribution in [1.82, 2.24) is 19.6 Å². The molecule has 0 N–H and O–H groups in total. The van der Waals surface area contributed by atoms with Crippen LogP contribution in [0.3, 0.4) is 0 Å². The molecule has 3 heterocycles. The largest absolute Gasteiger partial charge is 0.340 e. The quantitative estimate of drug-likeness (QED) is 0.659. The maximum absolute atomic E-state index is 12.6. The Morgan fingerprint density at radius 1 is 1.04 bits per heavy atom. The number of amides is 1. The van der Waals surface area contributed by atoms with E-state index in [1.165, 1.54) is 4.88 Å². The van der Waals surface area contributed by atoms with Crippen molar-refractivity contribution in [1.29, 1.82) is 0 Å². The summed E-state index contributed by atoms with van der Waals surface area (Å²) in [6, 6.07) is 14.3. The molecule has 0 unspecified atom stereocenters. The van der Waals surface area contributed by atoms with Crippen molar-refractivity contribution in [3.05, 3.63) is 70.7 Å². The van der Waals surface area contributed by atoms with Crippen LogP contribution in [-0.2, 0) is 17.8 Å². The van der Waals surface area contributed by atoms with Crippen LogP contribution >= 0.6 is 11.3 Å². The number of benzene rings is 1. The molecule has 0 saturated carbocycles. The molecule has 5 nitrogen and oxygen atoms in total. The highest BCUT2D eigenvalue weighted by Crippen LogP contribution is 2.15. The first kappa shape index (κ1) is 17.9. The number of hydrogen-bond donors (Lipinski definition) is 0. The molecule has 3 aromatic rings. The molecule has 27 heavy (non-hydrogen) atoms. The minimum atomic E-state index is 0.248. The van der Waals surface area contributed by atoms with E-state index in [9.17, 15) is 4.79 Å². The second-order valence-corrected chi connectivity index (χ2v) is 7.90. The first-order valence-electron chi connectivity index (χ1n) is 9.39. The van der Waals surface area contributed by atoms with Gasteiger partial charge >= 0.3 is 0 Å². The van der Waals surface area contributed by atoms with Gasteiger partial charge in [0.15, 0.2) is 0 Å². The summed E-state index contributed by atoms with van der Waals surface area (Å²) in [6.07, 6.45) is 5.16. The van der Waals surface area contributed by atoms with Gasteiger partial charge in [-0.1, -0.05) is 24.3 Å². The van der Waals surface area contributed by atoms with E-state index in [0.29, 0.717) is 6.42 Å². The average Bonchev–Trinajstić information content (AvgIpc) is 3.39. The van der Waals surface area contributed by atoms with Crippen molar-refractivity contribution >= 4 is 17.2 Å². The summed E-state index contributed by atoms with van der Waals surface area (Å²) in [5.74, 6) is 0.248. The fraction of sp³-hybridized carbons (Fsp3) is 0.333. The molecule has 6 heteroatoms. The van der Waals surface area contributed by atoms with E-state index in [4.69, 9.17) is 0 Å². The van der Waals surface area contributed by atoms with Gasteiger partial charge in [0, 0.05) is 50.2 Å². The van der Waals surface area contributed by atoms with E-state index in [1.807, 2.05) is 52.3 Å². The molecule has 1 fully saturated rings. The fourth-order valence-corrected chi connectivity index (χ4v) is 4.14. The molecule has 0 spiro atoms. The van der Waals surface area contributed by atoms with Crippen molar-refractivity contribution < 1.29 is 4.79 Å². The number of carbonyl (C=O) groups is 1. The Kier molecular flexibility index (Phi) is 5.65. The topological polar surface area (TPSA) is 41.4 Å². The van der Waals surface area contributed by atoms with E-state index in [0.717, 1.165) is 50.4 Å². The molecule has 0 bridgehead atoms. The number of carbonyl (C=O) groups excluding carboxylic acids is 1. The molecular formula is C21H24N4OS. The Labute approximate surface area is 163 Å². The van der Waals surface area contributed by atoms with Gasteiger partial charge in [-0.25, -0.2) is 4.68 Å². The third-order valence-electron chi connectivity index (χ3n) is 4.97. The van der Waals surface area contributed by atoms with E-state index >= 15 is 0 Å². The standard InChI is InChI=1S/C21H24N4OS/c26-21(24-12-10-23(11-13-24)17-20-7-4-14-27-20)9-8-18-15-22-25(16-18)19-5-2-1-3-6-19/h1-7,14-16H,8-13,17H2. The molecule has 0 radical (unpaired) electrons. The summed E-state index contributed by atoms with van der Waals surface area (Å²) in [6.45, 7) is 4.56. The van der Waals surface area contributed by atoms with E-state index in [-0.39, 0.29) is 5.91 Å². The van der Waals surface area contributed by atoms with Crippen LogP contribution in [0.15, 0.2) is 60.2 Å². The summed E-state index contributed by atoms with van der Waals surface area (Å²) in [5, 5.41) is 6.53. The molecule has 1 aliphatic heterocycles. The van der Waals surface area contributed by atoms with Crippen molar-refractivity contribution in [2.24, 2.45) is 0 Å². The molecule has 1 amide bonds. The Morgan fingerprint density at radius 3 is 2.59 bits per heavy atom. The van der Waals surface area contributed by atoms with E-state index in [1.54, 1.807) is 11.3 Å². The van der Waals surface area contributed by atoms with Gasteiger partial charge in [-0.15, -0.1) is 11.3 Å². The number of piperazine rings is 1. The van der Waals surface area contributed by atoms with Crippen LogP contribution in [0.5, 0.6) is 0 Å². The second-order valence-electron chi connectivity index (χ2n) is 6.87. The zero-order chi connectivity index (χ0) is 18.5. The van der Waals surface area contributed by atoms with Gasteiger partial charge in [0.05, 0.1) is 11.9 Å². The number of rotatable bonds is 6.